The summed E-state index contributed by atoms with van der Waals surface area (Å²) < 4.78 is 24.6. The van der Waals surface area contributed by atoms with E-state index in [0.717, 1.165) is 22.5 Å². The van der Waals surface area contributed by atoms with E-state index in [4.69, 9.17) is 33.5 Å². The molecule has 10 nitrogen and oxygen atoms in total. The molecule has 0 aliphatic carbocycles. The van der Waals surface area contributed by atoms with E-state index in [1.165, 1.54) is 7.11 Å². The van der Waals surface area contributed by atoms with E-state index < -0.39 is 7.82 Å². The van der Waals surface area contributed by atoms with Gasteiger partial charge in [0, 0.05) is 17.2 Å². The highest BCUT2D eigenvalue weighted by Gasteiger charge is 2.14. The van der Waals surface area contributed by atoms with Gasteiger partial charge in [-0.1, -0.05) is 0 Å². The van der Waals surface area contributed by atoms with Crippen molar-refractivity contribution in [1.29, 1.82) is 0 Å². The normalized spacial score (nSPS) is 10.7. The summed E-state index contributed by atoms with van der Waals surface area (Å²) in [6.07, 6.45) is 1.61. The summed E-state index contributed by atoms with van der Waals surface area (Å²) in [7, 11) is 0.0793. The van der Waals surface area contributed by atoms with Gasteiger partial charge in [-0.25, -0.2) is 9.55 Å². The minimum Gasteiger partial charge on any atom is -0.504 e. The number of nitrogens with zero attached hydrogens (tertiary/aromatic N) is 1. The predicted molar refractivity (Wildman–Crippen MR) is 105 cm³/mol. The number of phenols is 1. The Hall–Kier alpha value is -3.04. The number of benzene rings is 2. The molecule has 29 heavy (non-hydrogen) atoms. The van der Waals surface area contributed by atoms with E-state index in [2.05, 4.69) is 9.97 Å². The third-order valence-corrected chi connectivity index (χ3v) is 3.73. The molecular formula is C18H21N2O8P. The summed E-state index contributed by atoms with van der Waals surface area (Å²) >= 11 is 0. The van der Waals surface area contributed by atoms with Crippen LogP contribution in [0.15, 0.2) is 42.7 Å². The summed E-state index contributed by atoms with van der Waals surface area (Å²) in [6.45, 7) is 0. The van der Waals surface area contributed by atoms with E-state index in [1.807, 2.05) is 18.2 Å². The van der Waals surface area contributed by atoms with Gasteiger partial charge in [0.15, 0.2) is 11.5 Å². The van der Waals surface area contributed by atoms with Gasteiger partial charge in [-0.05, 0) is 30.3 Å². The SMILES string of the molecule is COc1cc(OC)cc(-c2nc[nH]c2-c2ccc(OC)c(O)c2)c1.O=P(O)(O)O. The van der Waals surface area contributed by atoms with Gasteiger partial charge in [-0.3, -0.25) is 0 Å². The van der Waals surface area contributed by atoms with Crippen LogP contribution in [0.25, 0.3) is 22.5 Å². The second-order valence-corrected chi connectivity index (χ2v) is 6.65. The van der Waals surface area contributed by atoms with E-state index in [1.54, 1.807) is 38.7 Å². The molecule has 0 fully saturated rings. The monoisotopic (exact) mass is 424 g/mol. The average Bonchev–Trinajstić information content (AvgIpc) is 3.16. The third kappa shape index (κ3) is 6.23. The van der Waals surface area contributed by atoms with Crippen molar-refractivity contribution >= 4 is 7.82 Å². The number of nitrogens with one attached hydrogen (secondary N) is 1. The van der Waals surface area contributed by atoms with Crippen molar-refractivity contribution in [3.05, 3.63) is 42.7 Å². The summed E-state index contributed by atoms with van der Waals surface area (Å²) in [5.74, 6) is 1.84. The average molecular weight is 424 g/mol. The topological polar surface area (TPSA) is 154 Å². The highest BCUT2D eigenvalue weighted by atomic mass is 31.2. The smallest absolute Gasteiger partial charge is 0.466 e. The molecule has 3 aromatic rings. The first-order chi connectivity index (χ1) is 13.7. The number of ether oxygens (including phenoxy) is 3. The minimum absolute atomic E-state index is 0.0683. The Kier molecular flexibility index (Phi) is 7.24. The molecule has 2 aromatic carbocycles. The van der Waals surface area contributed by atoms with Gasteiger partial charge in [-0.15, -0.1) is 0 Å². The first-order valence-corrected chi connectivity index (χ1v) is 9.65. The van der Waals surface area contributed by atoms with Crippen molar-refractivity contribution in [3.8, 4) is 45.5 Å². The van der Waals surface area contributed by atoms with Crippen LogP contribution in [0.3, 0.4) is 0 Å². The highest BCUT2D eigenvalue weighted by molar-refractivity contribution is 7.45. The molecule has 0 saturated carbocycles. The number of phenolic OH excluding ortho intramolecular Hbond substituents is 1. The molecule has 156 valence electrons. The standard InChI is InChI=1S/C18H18N2O4.H3O4P/c1-22-13-6-12(7-14(9-13)23-2)18-17(19-10-20-18)11-4-5-16(24-3)15(21)8-11;1-5(2,3)4/h4-10,21H,1-3H3,(H,19,20);(H3,1,2,3,4). The third-order valence-electron chi connectivity index (χ3n) is 3.73. The highest BCUT2D eigenvalue weighted by Crippen LogP contribution is 2.37. The van der Waals surface area contributed by atoms with Gasteiger partial charge in [0.05, 0.1) is 39.0 Å². The van der Waals surface area contributed by atoms with Crippen molar-refractivity contribution in [2.75, 3.05) is 21.3 Å². The fourth-order valence-corrected chi connectivity index (χ4v) is 2.52. The molecule has 0 unspecified atom stereocenters. The Labute approximate surface area is 166 Å². The van der Waals surface area contributed by atoms with Crippen molar-refractivity contribution < 1.29 is 38.6 Å². The van der Waals surface area contributed by atoms with E-state index in [0.29, 0.717) is 17.2 Å². The van der Waals surface area contributed by atoms with E-state index >= 15 is 0 Å². The molecule has 0 saturated heterocycles. The lowest BCUT2D eigenvalue weighted by Crippen LogP contribution is -1.91. The molecule has 0 radical (unpaired) electrons. The van der Waals surface area contributed by atoms with Crippen LogP contribution in [0.4, 0.5) is 0 Å². The van der Waals surface area contributed by atoms with Crippen LogP contribution >= 0.6 is 7.82 Å². The molecule has 0 aliphatic heterocycles. The molecule has 1 heterocycles. The summed E-state index contributed by atoms with van der Waals surface area (Å²) in [6, 6.07) is 10.8. The van der Waals surface area contributed by atoms with Crippen LogP contribution < -0.4 is 14.2 Å². The minimum atomic E-state index is -4.64. The number of aromatic hydroxyl groups is 1. The molecule has 5 N–H and O–H groups in total. The Morgan fingerprint density at radius 2 is 1.48 bits per heavy atom. The zero-order valence-corrected chi connectivity index (χ0v) is 16.8. The number of aromatic amines is 1. The lowest BCUT2D eigenvalue weighted by molar-refractivity contribution is 0.275. The van der Waals surface area contributed by atoms with Crippen LogP contribution in [0, 0.1) is 0 Å². The van der Waals surface area contributed by atoms with Gasteiger partial charge in [0.2, 0.25) is 0 Å². The second kappa shape index (κ2) is 9.44. The fourth-order valence-electron chi connectivity index (χ4n) is 2.52. The number of aromatic nitrogens is 2. The Balaban J connectivity index is 0.000000537. The molecule has 1 aromatic heterocycles. The molecule has 0 atom stereocenters. The Morgan fingerprint density at radius 3 is 1.97 bits per heavy atom. The molecule has 3 rings (SSSR count). The first-order valence-electron chi connectivity index (χ1n) is 8.08. The zero-order chi connectivity index (χ0) is 21.6. The maximum atomic E-state index is 10.0. The van der Waals surface area contributed by atoms with Crippen LogP contribution in [0.5, 0.6) is 23.0 Å². The van der Waals surface area contributed by atoms with Crippen LogP contribution in [0.1, 0.15) is 0 Å². The van der Waals surface area contributed by atoms with Crippen LogP contribution in [-0.4, -0.2) is 51.1 Å². The van der Waals surface area contributed by atoms with Crippen molar-refractivity contribution in [2.45, 2.75) is 0 Å². The lowest BCUT2D eigenvalue weighted by Gasteiger charge is -2.10. The van der Waals surface area contributed by atoms with Gasteiger partial charge < -0.3 is 39.0 Å². The number of imidazole rings is 1. The number of hydrogen-bond donors (Lipinski definition) is 5. The number of H-pyrrole nitrogens is 1. The van der Waals surface area contributed by atoms with E-state index in [9.17, 15) is 5.11 Å². The first kappa shape index (κ1) is 22.3. The van der Waals surface area contributed by atoms with Crippen LogP contribution in [-0.2, 0) is 4.57 Å². The van der Waals surface area contributed by atoms with Crippen molar-refractivity contribution in [1.82, 2.24) is 9.97 Å². The summed E-state index contributed by atoms with van der Waals surface area (Å²) in [4.78, 5) is 29.1. The molecule has 0 bridgehead atoms. The van der Waals surface area contributed by atoms with Gasteiger partial charge in [-0.2, -0.15) is 0 Å². The molecular weight excluding hydrogens is 403 g/mol. The maximum Gasteiger partial charge on any atom is 0.466 e. The van der Waals surface area contributed by atoms with Gasteiger partial charge >= 0.3 is 7.82 Å². The van der Waals surface area contributed by atoms with Gasteiger partial charge in [0.1, 0.15) is 11.5 Å². The number of phosphoric acid groups is 1. The van der Waals surface area contributed by atoms with E-state index in [-0.39, 0.29) is 5.75 Å². The summed E-state index contributed by atoms with van der Waals surface area (Å²) in [5.41, 5.74) is 3.15. The van der Waals surface area contributed by atoms with Gasteiger partial charge in [0.25, 0.3) is 0 Å². The van der Waals surface area contributed by atoms with Crippen molar-refractivity contribution in [2.24, 2.45) is 0 Å². The Bertz CT molecular complexity index is 984. The predicted octanol–water partition coefficient (Wildman–Crippen LogP) is 2.55. The fraction of sp³-hybridized carbons (Fsp3) is 0.167. The largest absolute Gasteiger partial charge is 0.504 e. The molecule has 0 amide bonds. The summed E-state index contributed by atoms with van der Waals surface area (Å²) in [5, 5.41) is 10.0. The number of methoxy groups -OCH3 is 3. The number of rotatable bonds is 5. The molecule has 0 aliphatic rings. The second-order valence-electron chi connectivity index (χ2n) is 5.63. The lowest BCUT2D eigenvalue weighted by atomic mass is 10.0. The molecule has 0 spiro atoms. The Morgan fingerprint density at radius 1 is 0.897 bits per heavy atom. The quantitative estimate of drug-likeness (QED) is 0.389. The maximum absolute atomic E-state index is 10.0. The molecule has 11 heteroatoms. The van der Waals surface area contributed by atoms with Crippen molar-refractivity contribution in [3.63, 3.8) is 0 Å². The zero-order valence-electron chi connectivity index (χ0n) is 15.9. The number of hydrogen-bond acceptors (Lipinski definition) is 6. The van der Waals surface area contributed by atoms with Crippen LogP contribution in [0.2, 0.25) is 0 Å².